The smallest absolute Gasteiger partial charge is 0.277 e. The molecule has 1 saturated heterocycles. The number of aromatic hydroxyl groups is 1. The summed E-state index contributed by atoms with van der Waals surface area (Å²) in [7, 11) is 2.07. The van der Waals surface area contributed by atoms with Crippen LogP contribution in [0.2, 0.25) is 0 Å². The number of aromatic nitrogens is 3. The van der Waals surface area contributed by atoms with E-state index < -0.39 is 0 Å². The second-order valence-electron chi connectivity index (χ2n) is 6.45. The van der Waals surface area contributed by atoms with Gasteiger partial charge in [-0.2, -0.15) is 0 Å². The molecule has 7 nitrogen and oxygen atoms in total. The first-order chi connectivity index (χ1) is 12.1. The zero-order chi connectivity index (χ0) is 17.4. The minimum absolute atomic E-state index is 0.158. The third kappa shape index (κ3) is 3.06. The largest absolute Gasteiger partial charge is 0.508 e. The molecule has 2 N–H and O–H groups in total. The number of hydrogen-bond donors (Lipinski definition) is 2. The Hall–Kier alpha value is -2.93. The van der Waals surface area contributed by atoms with E-state index in [2.05, 4.69) is 27.6 Å². The fraction of sp³-hybridized carbons (Fsp3) is 0.278. The van der Waals surface area contributed by atoms with Crippen molar-refractivity contribution in [3.63, 3.8) is 0 Å². The van der Waals surface area contributed by atoms with Crippen molar-refractivity contribution >= 4 is 22.4 Å². The lowest BCUT2D eigenvalue weighted by Gasteiger charge is -2.09. The number of nitrogens with one attached hydrogen (secondary N) is 1. The lowest BCUT2D eigenvalue weighted by Crippen LogP contribution is -2.17. The van der Waals surface area contributed by atoms with Gasteiger partial charge in [-0.05, 0) is 43.6 Å². The predicted molar refractivity (Wildman–Crippen MR) is 94.7 cm³/mol. The van der Waals surface area contributed by atoms with Gasteiger partial charge < -0.3 is 15.3 Å². The van der Waals surface area contributed by atoms with Crippen molar-refractivity contribution in [3.8, 4) is 5.75 Å². The van der Waals surface area contributed by atoms with Crippen molar-refractivity contribution in [1.82, 2.24) is 19.9 Å². The van der Waals surface area contributed by atoms with Gasteiger partial charge in [0.05, 0.1) is 12.2 Å². The molecule has 0 aliphatic carbocycles. The lowest BCUT2D eigenvalue weighted by atomic mass is 10.1. The van der Waals surface area contributed by atoms with Crippen molar-refractivity contribution in [1.29, 1.82) is 0 Å². The Morgan fingerprint density at radius 3 is 3.00 bits per heavy atom. The summed E-state index contributed by atoms with van der Waals surface area (Å²) in [5.74, 6) is -0.154. The van der Waals surface area contributed by atoms with E-state index in [1.54, 1.807) is 29.1 Å². The second-order valence-corrected chi connectivity index (χ2v) is 6.45. The number of hydrogen-bond acceptors (Lipinski definition) is 5. The van der Waals surface area contributed by atoms with Crippen LogP contribution in [0.25, 0.3) is 10.8 Å². The normalized spacial score (nSPS) is 17.9. The highest BCUT2D eigenvalue weighted by Crippen LogP contribution is 2.27. The predicted octanol–water partition coefficient (Wildman–Crippen LogP) is 2.27. The number of anilines is 1. The van der Waals surface area contributed by atoms with Gasteiger partial charge in [0.15, 0.2) is 5.69 Å². The number of phenolic OH excluding ortho intramolecular Hbond substituents is 1. The van der Waals surface area contributed by atoms with Crippen LogP contribution >= 0.6 is 0 Å². The summed E-state index contributed by atoms with van der Waals surface area (Å²) in [5, 5.41) is 22.4. The Balaban J connectivity index is 1.57. The van der Waals surface area contributed by atoms with Crippen LogP contribution in [-0.4, -0.2) is 51.0 Å². The molecule has 4 rings (SSSR count). The van der Waals surface area contributed by atoms with Crippen LogP contribution in [0.4, 0.5) is 5.69 Å². The van der Waals surface area contributed by atoms with Crippen LogP contribution < -0.4 is 5.32 Å². The number of nitrogens with zero attached hydrogens (tertiary/aromatic N) is 4. The molecule has 0 saturated carbocycles. The molecule has 1 aliphatic rings. The molecular formula is C18H19N5O2. The first kappa shape index (κ1) is 15.6. The van der Waals surface area contributed by atoms with Gasteiger partial charge in [0.1, 0.15) is 5.75 Å². The standard InChI is InChI=1S/C18H19N5O2/c1-22-8-7-13(10-22)23-11-17(20-21-23)18(25)19-16-4-2-3-12-5-6-14(24)9-15(12)16/h2-6,9,11,13,24H,7-8,10H2,1H3,(H,19,25). The Labute approximate surface area is 144 Å². The first-order valence-corrected chi connectivity index (χ1v) is 8.23. The van der Waals surface area contributed by atoms with Crippen molar-refractivity contribution in [2.45, 2.75) is 12.5 Å². The highest BCUT2D eigenvalue weighted by Gasteiger charge is 2.23. The molecule has 1 atom stereocenters. The fourth-order valence-electron chi connectivity index (χ4n) is 3.24. The molecule has 1 aliphatic heterocycles. The molecule has 0 radical (unpaired) electrons. The van der Waals surface area contributed by atoms with E-state index in [1.165, 1.54) is 0 Å². The van der Waals surface area contributed by atoms with E-state index in [-0.39, 0.29) is 23.4 Å². The summed E-state index contributed by atoms with van der Waals surface area (Å²) < 4.78 is 1.77. The average molecular weight is 337 g/mol. The maximum Gasteiger partial charge on any atom is 0.277 e. The van der Waals surface area contributed by atoms with Gasteiger partial charge in [-0.1, -0.05) is 23.4 Å². The van der Waals surface area contributed by atoms with Crippen molar-refractivity contribution in [2.75, 3.05) is 25.5 Å². The highest BCUT2D eigenvalue weighted by molar-refractivity contribution is 6.08. The molecule has 128 valence electrons. The van der Waals surface area contributed by atoms with Gasteiger partial charge in [0.2, 0.25) is 0 Å². The number of benzene rings is 2. The molecule has 1 fully saturated rings. The summed E-state index contributed by atoms with van der Waals surface area (Å²) in [6.07, 6.45) is 2.70. The molecule has 1 amide bonds. The zero-order valence-electron chi connectivity index (χ0n) is 13.9. The van der Waals surface area contributed by atoms with Gasteiger partial charge in [0, 0.05) is 17.6 Å². The lowest BCUT2D eigenvalue weighted by molar-refractivity contribution is 0.102. The number of likely N-dealkylation sites (tertiary alicyclic amines) is 1. The number of phenols is 1. The van der Waals surface area contributed by atoms with E-state index in [9.17, 15) is 9.90 Å². The Kier molecular flexibility index (Phi) is 3.85. The van der Waals surface area contributed by atoms with Crippen molar-refractivity contribution in [2.24, 2.45) is 0 Å². The summed E-state index contributed by atoms with van der Waals surface area (Å²) >= 11 is 0. The summed E-state index contributed by atoms with van der Waals surface area (Å²) in [4.78, 5) is 14.8. The van der Waals surface area contributed by atoms with Crippen LogP contribution in [0, 0.1) is 0 Å². The topological polar surface area (TPSA) is 83.3 Å². The molecule has 0 spiro atoms. The minimum atomic E-state index is -0.312. The van der Waals surface area contributed by atoms with Crippen LogP contribution in [0.1, 0.15) is 23.0 Å². The van der Waals surface area contributed by atoms with E-state index >= 15 is 0 Å². The Morgan fingerprint density at radius 2 is 2.20 bits per heavy atom. The van der Waals surface area contributed by atoms with Crippen LogP contribution in [-0.2, 0) is 0 Å². The van der Waals surface area contributed by atoms with Crippen molar-refractivity contribution in [3.05, 3.63) is 48.3 Å². The quantitative estimate of drug-likeness (QED) is 0.766. The van der Waals surface area contributed by atoms with Gasteiger partial charge in [-0.15, -0.1) is 5.10 Å². The number of amides is 1. The molecule has 1 unspecified atom stereocenters. The second kappa shape index (κ2) is 6.18. The van der Waals surface area contributed by atoms with E-state index in [0.717, 1.165) is 30.3 Å². The molecule has 2 heterocycles. The Bertz CT molecular complexity index is 936. The van der Waals surface area contributed by atoms with Crippen molar-refractivity contribution < 1.29 is 9.90 Å². The SMILES string of the molecule is CN1CCC(n2cc(C(=O)Nc3cccc4ccc(O)cc34)nn2)C1. The summed E-state index contributed by atoms with van der Waals surface area (Å²) in [5.41, 5.74) is 0.917. The zero-order valence-corrected chi connectivity index (χ0v) is 13.9. The monoisotopic (exact) mass is 337 g/mol. The molecule has 3 aromatic rings. The molecule has 25 heavy (non-hydrogen) atoms. The molecular weight excluding hydrogens is 318 g/mol. The minimum Gasteiger partial charge on any atom is -0.508 e. The van der Waals surface area contributed by atoms with E-state index in [1.807, 2.05) is 18.2 Å². The number of rotatable bonds is 3. The number of carbonyl (C=O) groups excluding carboxylic acids is 1. The maximum absolute atomic E-state index is 12.5. The Morgan fingerprint density at radius 1 is 1.32 bits per heavy atom. The molecule has 2 aromatic carbocycles. The maximum atomic E-state index is 12.5. The van der Waals surface area contributed by atoms with E-state index in [4.69, 9.17) is 0 Å². The third-order valence-corrected chi connectivity index (χ3v) is 4.60. The van der Waals surface area contributed by atoms with Gasteiger partial charge in [0.25, 0.3) is 5.91 Å². The number of fused-ring (bicyclic) bond motifs is 1. The molecule has 1 aromatic heterocycles. The van der Waals surface area contributed by atoms with E-state index in [0.29, 0.717) is 5.69 Å². The number of likely N-dealkylation sites (N-methyl/N-ethyl adjacent to an activating group) is 1. The third-order valence-electron chi connectivity index (χ3n) is 4.60. The van der Waals surface area contributed by atoms with Crippen LogP contribution in [0.3, 0.4) is 0 Å². The molecule has 7 heteroatoms. The highest BCUT2D eigenvalue weighted by atomic mass is 16.3. The van der Waals surface area contributed by atoms with Crippen LogP contribution in [0.15, 0.2) is 42.6 Å². The number of carbonyl (C=O) groups is 1. The molecule has 0 bridgehead atoms. The first-order valence-electron chi connectivity index (χ1n) is 8.23. The fourth-order valence-corrected chi connectivity index (χ4v) is 3.24. The average Bonchev–Trinajstić information content (AvgIpc) is 3.24. The summed E-state index contributed by atoms with van der Waals surface area (Å²) in [6, 6.07) is 10.9. The van der Waals surface area contributed by atoms with Gasteiger partial charge in [-0.25, -0.2) is 4.68 Å². The summed E-state index contributed by atoms with van der Waals surface area (Å²) in [6.45, 7) is 1.93. The van der Waals surface area contributed by atoms with Gasteiger partial charge >= 0.3 is 0 Å². The van der Waals surface area contributed by atoms with Crippen LogP contribution in [0.5, 0.6) is 5.75 Å². The van der Waals surface area contributed by atoms with Gasteiger partial charge in [-0.3, -0.25) is 4.79 Å².